The molecule has 122 valence electrons. The average Bonchev–Trinajstić information content (AvgIpc) is 3.17. The van der Waals surface area contributed by atoms with Gasteiger partial charge in [-0.1, -0.05) is 6.07 Å². The number of carbonyl (C=O) groups excluding carboxylic acids is 1. The third-order valence-corrected chi connectivity index (χ3v) is 3.78. The van der Waals surface area contributed by atoms with Gasteiger partial charge in [-0.15, -0.1) is 0 Å². The molecular formula is C17H14N2O5. The molecule has 4 rings (SSSR count). The Hall–Kier alpha value is -3.22. The summed E-state index contributed by atoms with van der Waals surface area (Å²) in [6, 6.07) is 10.7. The number of benzene rings is 2. The number of hydrogen-bond acceptors (Lipinski definition) is 5. The summed E-state index contributed by atoms with van der Waals surface area (Å²) in [5.74, 6) is 0.798. The van der Waals surface area contributed by atoms with Crippen LogP contribution in [0.2, 0.25) is 0 Å². The van der Waals surface area contributed by atoms with Gasteiger partial charge in [0, 0.05) is 18.2 Å². The van der Waals surface area contributed by atoms with Crippen molar-refractivity contribution < 1.29 is 18.7 Å². The normalized spacial score (nSPS) is 12.5. The smallest absolute Gasteiger partial charge is 0.417 e. The van der Waals surface area contributed by atoms with Crippen molar-refractivity contribution in [3.8, 4) is 11.5 Å². The minimum Gasteiger partial charge on any atom is -0.454 e. The number of rotatable bonds is 4. The van der Waals surface area contributed by atoms with Crippen LogP contribution < -0.4 is 20.5 Å². The highest BCUT2D eigenvalue weighted by Gasteiger charge is 2.13. The minimum atomic E-state index is -0.517. The first-order valence-corrected chi connectivity index (χ1v) is 7.49. The molecule has 1 aromatic heterocycles. The number of ether oxygens (including phenoxy) is 2. The molecule has 2 aromatic carbocycles. The first-order valence-electron chi connectivity index (χ1n) is 7.49. The molecule has 1 aliphatic rings. The zero-order chi connectivity index (χ0) is 16.5. The first kappa shape index (κ1) is 14.4. The maximum atomic E-state index is 12.1. The summed E-state index contributed by atoms with van der Waals surface area (Å²) in [4.78, 5) is 25.8. The molecule has 1 amide bonds. The Morgan fingerprint density at radius 2 is 2.00 bits per heavy atom. The molecule has 2 N–H and O–H groups in total. The van der Waals surface area contributed by atoms with E-state index in [9.17, 15) is 9.59 Å². The molecule has 0 aliphatic carbocycles. The van der Waals surface area contributed by atoms with Crippen LogP contribution >= 0.6 is 0 Å². The number of H-pyrrole nitrogens is 1. The molecule has 24 heavy (non-hydrogen) atoms. The molecule has 1 aliphatic heterocycles. The average molecular weight is 326 g/mol. The Labute approximate surface area is 136 Å². The number of carbonyl (C=O) groups is 1. The van der Waals surface area contributed by atoms with Crippen LogP contribution in [0.3, 0.4) is 0 Å². The van der Waals surface area contributed by atoms with Gasteiger partial charge in [0.2, 0.25) is 12.7 Å². The van der Waals surface area contributed by atoms with Crippen LogP contribution in [-0.2, 0) is 11.2 Å². The molecule has 2 heterocycles. The fourth-order valence-electron chi connectivity index (χ4n) is 2.60. The molecule has 3 aromatic rings. The summed E-state index contributed by atoms with van der Waals surface area (Å²) in [5.41, 5.74) is 2.59. The molecule has 0 radical (unpaired) electrons. The van der Waals surface area contributed by atoms with E-state index in [0.29, 0.717) is 35.4 Å². The SMILES string of the molecule is O=C(CCc1ccc2c(c1)OCO2)Nc1ccc2[nH]c(=O)oc2c1. The zero-order valence-corrected chi connectivity index (χ0v) is 12.6. The Balaban J connectivity index is 1.39. The first-order chi connectivity index (χ1) is 11.7. The van der Waals surface area contributed by atoms with E-state index >= 15 is 0 Å². The largest absolute Gasteiger partial charge is 0.454 e. The van der Waals surface area contributed by atoms with Gasteiger partial charge in [0.15, 0.2) is 17.1 Å². The van der Waals surface area contributed by atoms with Gasteiger partial charge in [-0.25, -0.2) is 4.79 Å². The van der Waals surface area contributed by atoms with E-state index in [0.717, 1.165) is 11.3 Å². The van der Waals surface area contributed by atoms with E-state index in [1.54, 1.807) is 18.2 Å². The number of anilines is 1. The number of nitrogens with one attached hydrogen (secondary N) is 2. The fourth-order valence-corrected chi connectivity index (χ4v) is 2.60. The molecular weight excluding hydrogens is 312 g/mol. The van der Waals surface area contributed by atoms with Crippen molar-refractivity contribution in [2.24, 2.45) is 0 Å². The number of hydrogen-bond donors (Lipinski definition) is 2. The zero-order valence-electron chi connectivity index (χ0n) is 12.6. The predicted molar refractivity (Wildman–Crippen MR) is 86.4 cm³/mol. The molecule has 0 spiro atoms. The topological polar surface area (TPSA) is 93.6 Å². The van der Waals surface area contributed by atoms with Crippen LogP contribution in [0.15, 0.2) is 45.6 Å². The van der Waals surface area contributed by atoms with Gasteiger partial charge < -0.3 is 19.2 Å². The van der Waals surface area contributed by atoms with E-state index in [1.807, 2.05) is 18.2 Å². The summed E-state index contributed by atoms with van der Waals surface area (Å²) >= 11 is 0. The van der Waals surface area contributed by atoms with Gasteiger partial charge in [-0.2, -0.15) is 0 Å². The van der Waals surface area contributed by atoms with Crippen LogP contribution in [0.5, 0.6) is 11.5 Å². The fraction of sp³-hybridized carbons (Fsp3) is 0.176. The summed E-state index contributed by atoms with van der Waals surface area (Å²) in [6.07, 6.45) is 0.915. The second kappa shape index (κ2) is 5.77. The molecule has 0 fully saturated rings. The quantitative estimate of drug-likeness (QED) is 0.768. The Morgan fingerprint density at radius 1 is 1.12 bits per heavy atom. The number of aryl methyl sites for hydroxylation is 1. The highest BCUT2D eigenvalue weighted by Crippen LogP contribution is 2.32. The number of fused-ring (bicyclic) bond motifs is 2. The maximum absolute atomic E-state index is 12.1. The lowest BCUT2D eigenvalue weighted by atomic mass is 10.1. The lowest BCUT2D eigenvalue weighted by molar-refractivity contribution is -0.116. The third-order valence-electron chi connectivity index (χ3n) is 3.78. The van der Waals surface area contributed by atoms with Crippen LogP contribution in [0, 0.1) is 0 Å². The van der Waals surface area contributed by atoms with E-state index in [-0.39, 0.29) is 12.7 Å². The molecule has 0 saturated carbocycles. The van der Waals surface area contributed by atoms with Crippen molar-refractivity contribution in [1.29, 1.82) is 0 Å². The molecule has 0 saturated heterocycles. The summed E-state index contributed by atoms with van der Waals surface area (Å²) < 4.78 is 15.6. The Bertz CT molecular complexity index is 973. The van der Waals surface area contributed by atoms with Gasteiger partial charge in [0.1, 0.15) is 0 Å². The molecule has 0 unspecified atom stereocenters. The van der Waals surface area contributed by atoms with Gasteiger partial charge in [0.05, 0.1) is 5.52 Å². The summed E-state index contributed by atoms with van der Waals surface area (Å²) in [7, 11) is 0. The number of amides is 1. The van der Waals surface area contributed by atoms with Crippen LogP contribution in [0.25, 0.3) is 11.1 Å². The molecule has 0 bridgehead atoms. The maximum Gasteiger partial charge on any atom is 0.417 e. The molecule has 0 atom stereocenters. The van der Waals surface area contributed by atoms with E-state index in [4.69, 9.17) is 13.9 Å². The molecule has 7 nitrogen and oxygen atoms in total. The number of aromatic nitrogens is 1. The Kier molecular flexibility index (Phi) is 3.45. The second-order valence-electron chi connectivity index (χ2n) is 5.46. The van der Waals surface area contributed by atoms with E-state index in [2.05, 4.69) is 10.3 Å². The lowest BCUT2D eigenvalue weighted by Crippen LogP contribution is -2.12. The van der Waals surface area contributed by atoms with Crippen molar-refractivity contribution in [1.82, 2.24) is 4.98 Å². The van der Waals surface area contributed by atoms with Crippen LogP contribution in [0.1, 0.15) is 12.0 Å². The van der Waals surface area contributed by atoms with Gasteiger partial charge >= 0.3 is 5.76 Å². The van der Waals surface area contributed by atoms with Gasteiger partial charge in [-0.3, -0.25) is 9.78 Å². The minimum absolute atomic E-state index is 0.120. The standard InChI is InChI=1S/C17H14N2O5/c20-16(6-2-10-1-5-13-15(7-10)23-9-22-13)18-11-3-4-12-14(8-11)24-17(21)19-12/h1,3-5,7-8H,2,6,9H2,(H,18,20)(H,19,21). The van der Waals surface area contributed by atoms with E-state index < -0.39 is 5.76 Å². The van der Waals surface area contributed by atoms with Crippen molar-refractivity contribution in [3.05, 3.63) is 52.5 Å². The van der Waals surface area contributed by atoms with Crippen molar-refractivity contribution >= 4 is 22.7 Å². The van der Waals surface area contributed by atoms with Crippen molar-refractivity contribution in [3.63, 3.8) is 0 Å². The van der Waals surface area contributed by atoms with Crippen molar-refractivity contribution in [2.75, 3.05) is 12.1 Å². The van der Waals surface area contributed by atoms with Crippen molar-refractivity contribution in [2.45, 2.75) is 12.8 Å². The van der Waals surface area contributed by atoms with Gasteiger partial charge in [0.25, 0.3) is 0 Å². The van der Waals surface area contributed by atoms with Crippen LogP contribution in [-0.4, -0.2) is 17.7 Å². The Morgan fingerprint density at radius 3 is 2.92 bits per heavy atom. The third kappa shape index (κ3) is 2.83. The number of aromatic amines is 1. The van der Waals surface area contributed by atoms with Gasteiger partial charge in [-0.05, 0) is 36.2 Å². The second-order valence-corrected chi connectivity index (χ2v) is 5.46. The predicted octanol–water partition coefficient (Wildman–Crippen LogP) is 2.42. The molecule has 7 heteroatoms. The van der Waals surface area contributed by atoms with E-state index in [1.165, 1.54) is 0 Å². The number of oxazole rings is 1. The summed E-state index contributed by atoms with van der Waals surface area (Å²) in [5, 5.41) is 2.80. The highest BCUT2D eigenvalue weighted by molar-refractivity contribution is 5.92. The summed E-state index contributed by atoms with van der Waals surface area (Å²) in [6.45, 7) is 0.233. The monoisotopic (exact) mass is 326 g/mol. The lowest BCUT2D eigenvalue weighted by Gasteiger charge is -2.06. The highest BCUT2D eigenvalue weighted by atomic mass is 16.7. The van der Waals surface area contributed by atoms with Crippen LogP contribution in [0.4, 0.5) is 5.69 Å².